The summed E-state index contributed by atoms with van der Waals surface area (Å²) in [6, 6.07) is 11.8. The van der Waals surface area contributed by atoms with Crippen molar-refractivity contribution in [2.45, 2.75) is 38.4 Å². The van der Waals surface area contributed by atoms with E-state index in [-0.39, 0.29) is 0 Å². The number of rotatable bonds is 5. The van der Waals surface area contributed by atoms with E-state index in [2.05, 4.69) is 55.9 Å². The monoisotopic (exact) mass is 324 g/mol. The first kappa shape index (κ1) is 15.9. The van der Waals surface area contributed by atoms with Crippen molar-refractivity contribution >= 4 is 0 Å². The molecule has 128 valence electrons. The summed E-state index contributed by atoms with van der Waals surface area (Å²) in [7, 11) is 0. The summed E-state index contributed by atoms with van der Waals surface area (Å²) in [6.45, 7) is 7.11. The molecule has 4 rings (SSSR count). The van der Waals surface area contributed by atoms with Crippen molar-refractivity contribution in [3.63, 3.8) is 0 Å². The lowest BCUT2D eigenvalue weighted by Crippen LogP contribution is -2.54. The maximum atomic E-state index is 4.14. The lowest BCUT2D eigenvalue weighted by molar-refractivity contribution is 0.0173. The molecule has 1 aromatic heterocycles. The molecule has 2 fully saturated rings. The molecule has 3 heterocycles. The van der Waals surface area contributed by atoms with Gasteiger partial charge in [0.05, 0.1) is 6.33 Å². The average Bonchev–Trinajstić information content (AvgIpc) is 3.14. The van der Waals surface area contributed by atoms with Gasteiger partial charge in [-0.05, 0) is 43.8 Å². The van der Waals surface area contributed by atoms with Crippen molar-refractivity contribution < 1.29 is 0 Å². The fourth-order valence-electron chi connectivity index (χ4n) is 4.48. The minimum Gasteiger partial charge on any atom is -0.336 e. The summed E-state index contributed by atoms with van der Waals surface area (Å²) in [5, 5.41) is 0. The van der Waals surface area contributed by atoms with Gasteiger partial charge < -0.3 is 9.47 Å². The van der Waals surface area contributed by atoms with Crippen LogP contribution in [0.4, 0.5) is 0 Å². The number of hydrogen-bond donors (Lipinski definition) is 0. The summed E-state index contributed by atoms with van der Waals surface area (Å²) in [4.78, 5) is 9.55. The Kier molecular flexibility index (Phi) is 4.95. The lowest BCUT2D eigenvalue weighted by Gasteiger charge is -2.47. The van der Waals surface area contributed by atoms with Crippen molar-refractivity contribution in [3.8, 4) is 0 Å². The molecule has 0 saturated carbocycles. The van der Waals surface area contributed by atoms with E-state index >= 15 is 0 Å². The second-order valence-corrected chi connectivity index (χ2v) is 7.32. The highest BCUT2D eigenvalue weighted by molar-refractivity contribution is 5.15. The average molecular weight is 324 g/mol. The quantitative estimate of drug-likeness (QED) is 0.845. The smallest absolute Gasteiger partial charge is 0.0946 e. The minimum atomic E-state index is 0.781. The van der Waals surface area contributed by atoms with Crippen LogP contribution in [0, 0.1) is 5.92 Å². The van der Waals surface area contributed by atoms with Gasteiger partial charge >= 0.3 is 0 Å². The Morgan fingerprint density at radius 2 is 1.96 bits per heavy atom. The zero-order valence-corrected chi connectivity index (χ0v) is 14.4. The Bertz CT molecular complexity index is 610. The number of fused-ring (bicyclic) bond motifs is 1. The van der Waals surface area contributed by atoms with Crippen molar-refractivity contribution in [2.75, 3.05) is 26.2 Å². The zero-order valence-electron chi connectivity index (χ0n) is 14.4. The predicted molar refractivity (Wildman–Crippen MR) is 96.6 cm³/mol. The Hall–Kier alpha value is -1.65. The molecule has 2 aromatic rings. The molecule has 0 N–H and O–H groups in total. The van der Waals surface area contributed by atoms with Crippen LogP contribution >= 0.6 is 0 Å². The van der Waals surface area contributed by atoms with Crippen LogP contribution in [0.3, 0.4) is 0 Å². The van der Waals surface area contributed by atoms with Gasteiger partial charge in [-0.15, -0.1) is 0 Å². The Labute approximate surface area is 145 Å². The standard InChI is InChI=1S/C20H28N4/c1-2-5-18(6-3-1)15-24-10-4-7-19-16-22(11-8-20(19)24)13-14-23-12-9-21-17-23/h1-3,5-6,9,12,17,19-20H,4,7-8,10-11,13-16H2/t19-,20+/m1/s1. The van der Waals surface area contributed by atoms with E-state index in [0.717, 1.165) is 31.6 Å². The molecule has 4 heteroatoms. The van der Waals surface area contributed by atoms with Crippen molar-refractivity contribution in [1.82, 2.24) is 19.4 Å². The van der Waals surface area contributed by atoms with Gasteiger partial charge in [-0.2, -0.15) is 0 Å². The number of imidazole rings is 1. The summed E-state index contributed by atoms with van der Waals surface area (Å²) < 4.78 is 2.19. The van der Waals surface area contributed by atoms with Crippen LogP contribution in [0.1, 0.15) is 24.8 Å². The molecule has 24 heavy (non-hydrogen) atoms. The molecule has 0 unspecified atom stereocenters. The van der Waals surface area contributed by atoms with Crippen LogP contribution in [-0.2, 0) is 13.1 Å². The van der Waals surface area contributed by atoms with Crippen molar-refractivity contribution in [1.29, 1.82) is 0 Å². The van der Waals surface area contributed by atoms with Gasteiger partial charge in [0, 0.05) is 44.6 Å². The van der Waals surface area contributed by atoms with Crippen molar-refractivity contribution in [3.05, 3.63) is 54.6 Å². The second-order valence-electron chi connectivity index (χ2n) is 7.32. The van der Waals surface area contributed by atoms with E-state index in [0.29, 0.717) is 0 Å². The molecule has 0 amide bonds. The van der Waals surface area contributed by atoms with E-state index in [4.69, 9.17) is 0 Å². The highest BCUT2D eigenvalue weighted by Crippen LogP contribution is 2.31. The van der Waals surface area contributed by atoms with E-state index in [1.54, 1.807) is 0 Å². The Morgan fingerprint density at radius 3 is 2.79 bits per heavy atom. The molecule has 0 bridgehead atoms. The van der Waals surface area contributed by atoms with Gasteiger partial charge in [-0.1, -0.05) is 30.3 Å². The number of likely N-dealkylation sites (tertiary alicyclic amines) is 2. The fraction of sp³-hybridized carbons (Fsp3) is 0.550. The second kappa shape index (κ2) is 7.49. The third-order valence-electron chi connectivity index (χ3n) is 5.73. The Morgan fingerprint density at radius 1 is 1.04 bits per heavy atom. The van der Waals surface area contributed by atoms with E-state index < -0.39 is 0 Å². The first-order valence-corrected chi connectivity index (χ1v) is 9.34. The number of aromatic nitrogens is 2. The SMILES string of the molecule is c1ccc(CN2CCC[C@@H]3CN(CCn4ccnc4)CC[C@@H]32)cc1. The summed E-state index contributed by atoms with van der Waals surface area (Å²) in [6.07, 6.45) is 9.93. The van der Waals surface area contributed by atoms with Gasteiger partial charge in [0.15, 0.2) is 0 Å². The topological polar surface area (TPSA) is 24.3 Å². The van der Waals surface area contributed by atoms with Crippen LogP contribution in [0.25, 0.3) is 0 Å². The minimum absolute atomic E-state index is 0.781. The van der Waals surface area contributed by atoms with Gasteiger partial charge in [0.2, 0.25) is 0 Å². The molecule has 2 atom stereocenters. The number of nitrogens with zero attached hydrogens (tertiary/aromatic N) is 4. The molecule has 0 spiro atoms. The van der Waals surface area contributed by atoms with E-state index in [9.17, 15) is 0 Å². The van der Waals surface area contributed by atoms with Crippen LogP contribution in [0.15, 0.2) is 49.1 Å². The summed E-state index contributed by atoms with van der Waals surface area (Å²) in [5.41, 5.74) is 1.46. The maximum Gasteiger partial charge on any atom is 0.0946 e. The van der Waals surface area contributed by atoms with E-state index in [1.807, 2.05) is 12.5 Å². The number of piperidine rings is 2. The van der Waals surface area contributed by atoms with Crippen LogP contribution in [0.5, 0.6) is 0 Å². The predicted octanol–water partition coefficient (Wildman–Crippen LogP) is 2.87. The van der Waals surface area contributed by atoms with Gasteiger partial charge in [-0.25, -0.2) is 4.98 Å². The first-order chi connectivity index (χ1) is 11.9. The zero-order chi connectivity index (χ0) is 16.2. The maximum absolute atomic E-state index is 4.14. The molecule has 2 aliphatic rings. The molecule has 0 aliphatic carbocycles. The highest BCUT2D eigenvalue weighted by atomic mass is 15.2. The molecule has 1 aromatic carbocycles. The van der Waals surface area contributed by atoms with Gasteiger partial charge in [0.1, 0.15) is 0 Å². The molecule has 2 aliphatic heterocycles. The summed E-state index contributed by atoms with van der Waals surface area (Å²) in [5.74, 6) is 0.846. The third kappa shape index (κ3) is 3.70. The molecule has 4 nitrogen and oxygen atoms in total. The van der Waals surface area contributed by atoms with E-state index in [1.165, 1.54) is 44.5 Å². The largest absolute Gasteiger partial charge is 0.336 e. The van der Waals surface area contributed by atoms with Crippen molar-refractivity contribution in [2.24, 2.45) is 5.92 Å². The molecular weight excluding hydrogens is 296 g/mol. The number of hydrogen-bond acceptors (Lipinski definition) is 3. The molecule has 0 radical (unpaired) electrons. The highest BCUT2D eigenvalue weighted by Gasteiger charge is 2.35. The Balaban J connectivity index is 1.33. The third-order valence-corrected chi connectivity index (χ3v) is 5.73. The van der Waals surface area contributed by atoms with Crippen LogP contribution in [-0.4, -0.2) is 51.6 Å². The van der Waals surface area contributed by atoms with Gasteiger partial charge in [-0.3, -0.25) is 4.90 Å². The first-order valence-electron chi connectivity index (χ1n) is 9.34. The summed E-state index contributed by atoms with van der Waals surface area (Å²) >= 11 is 0. The fourth-order valence-corrected chi connectivity index (χ4v) is 4.48. The van der Waals surface area contributed by atoms with Crippen LogP contribution < -0.4 is 0 Å². The number of benzene rings is 1. The van der Waals surface area contributed by atoms with Gasteiger partial charge in [0.25, 0.3) is 0 Å². The lowest BCUT2D eigenvalue weighted by atomic mass is 9.83. The molecular formula is C20H28N4. The normalized spacial score (nSPS) is 25.5. The van der Waals surface area contributed by atoms with Crippen LogP contribution in [0.2, 0.25) is 0 Å². The molecule has 2 saturated heterocycles.